The Kier molecular flexibility index (Phi) is 6.72. The molecule has 11 heteroatoms. The molecule has 2 N–H and O–H groups in total. The van der Waals surface area contributed by atoms with Crippen molar-refractivity contribution in [1.82, 2.24) is 9.55 Å². The van der Waals surface area contributed by atoms with Crippen LogP contribution in [0.25, 0.3) is 0 Å². The van der Waals surface area contributed by atoms with Crippen LogP contribution in [-0.2, 0) is 23.1 Å². The van der Waals surface area contributed by atoms with Crippen molar-refractivity contribution in [3.05, 3.63) is 32.6 Å². The second kappa shape index (κ2) is 8.39. The van der Waals surface area contributed by atoms with Gasteiger partial charge in [0.2, 0.25) is 0 Å². The van der Waals surface area contributed by atoms with Crippen molar-refractivity contribution in [3.8, 4) is 0 Å². The van der Waals surface area contributed by atoms with Crippen molar-refractivity contribution in [2.45, 2.75) is 45.8 Å². The first-order valence-electron chi connectivity index (χ1n) is 7.95. The molecule has 0 bridgehead atoms. The standard InChI is InChI=1S/C14H23N2O8P/c1-4-22-25(20,23-5-2)8-21-13-10(17)6-11(24-13)16-7-9(3)12(18)15-14(16)19/h7,10-11,13,17H,4-6,8H2,1-3H3,(H,15,18,19)/t10-,11+,13?/m0/s1. The van der Waals surface area contributed by atoms with E-state index in [-0.39, 0.29) is 26.0 Å². The zero-order valence-electron chi connectivity index (χ0n) is 14.3. The molecular formula is C14H23N2O8P. The third kappa shape index (κ3) is 4.87. The zero-order valence-corrected chi connectivity index (χ0v) is 15.2. The highest BCUT2D eigenvalue weighted by molar-refractivity contribution is 7.53. The van der Waals surface area contributed by atoms with Crippen LogP contribution in [0.4, 0.5) is 0 Å². The first kappa shape index (κ1) is 20.0. The van der Waals surface area contributed by atoms with Gasteiger partial charge in [-0.2, -0.15) is 0 Å². The molecule has 0 aromatic carbocycles. The fraction of sp³-hybridized carbons (Fsp3) is 0.714. The molecule has 0 amide bonds. The molecular weight excluding hydrogens is 355 g/mol. The van der Waals surface area contributed by atoms with Gasteiger partial charge in [0.1, 0.15) is 12.3 Å². The number of aliphatic hydroxyl groups excluding tert-OH is 1. The van der Waals surface area contributed by atoms with Gasteiger partial charge < -0.3 is 23.6 Å². The van der Waals surface area contributed by atoms with Crippen molar-refractivity contribution >= 4 is 7.60 Å². The zero-order chi connectivity index (χ0) is 18.6. The van der Waals surface area contributed by atoms with E-state index < -0.39 is 37.5 Å². The number of H-pyrrole nitrogens is 1. The molecule has 0 spiro atoms. The molecule has 25 heavy (non-hydrogen) atoms. The lowest BCUT2D eigenvalue weighted by atomic mass is 10.2. The smallest absolute Gasteiger partial charge is 0.356 e. The molecule has 1 aromatic heterocycles. The van der Waals surface area contributed by atoms with E-state index in [1.54, 1.807) is 20.8 Å². The van der Waals surface area contributed by atoms with Crippen molar-refractivity contribution < 1.29 is 28.2 Å². The van der Waals surface area contributed by atoms with E-state index in [0.29, 0.717) is 5.56 Å². The molecule has 3 atom stereocenters. The molecule has 1 aliphatic heterocycles. The first-order valence-corrected chi connectivity index (χ1v) is 9.67. The van der Waals surface area contributed by atoms with Crippen molar-refractivity contribution in [2.75, 3.05) is 19.6 Å². The van der Waals surface area contributed by atoms with E-state index in [9.17, 15) is 19.3 Å². The summed E-state index contributed by atoms with van der Waals surface area (Å²) in [6.45, 7) is 5.27. The number of nitrogens with one attached hydrogen (secondary N) is 1. The van der Waals surface area contributed by atoms with Gasteiger partial charge in [-0.15, -0.1) is 0 Å². The van der Waals surface area contributed by atoms with Gasteiger partial charge in [0.25, 0.3) is 5.56 Å². The van der Waals surface area contributed by atoms with Gasteiger partial charge in [0, 0.05) is 18.2 Å². The maximum atomic E-state index is 12.4. The van der Waals surface area contributed by atoms with Crippen LogP contribution in [-0.4, -0.2) is 46.6 Å². The summed E-state index contributed by atoms with van der Waals surface area (Å²) < 4.78 is 34.6. The van der Waals surface area contributed by atoms with Crippen LogP contribution in [0.15, 0.2) is 15.8 Å². The Morgan fingerprint density at radius 3 is 2.60 bits per heavy atom. The lowest BCUT2D eigenvalue weighted by Gasteiger charge is -2.21. The van der Waals surface area contributed by atoms with Gasteiger partial charge in [-0.1, -0.05) is 0 Å². The molecule has 0 aliphatic carbocycles. The van der Waals surface area contributed by atoms with Crippen molar-refractivity contribution in [1.29, 1.82) is 0 Å². The molecule has 1 aromatic rings. The van der Waals surface area contributed by atoms with Crippen LogP contribution >= 0.6 is 7.60 Å². The van der Waals surface area contributed by atoms with E-state index in [1.807, 2.05) is 0 Å². The number of rotatable bonds is 8. The first-order chi connectivity index (χ1) is 11.8. The summed E-state index contributed by atoms with van der Waals surface area (Å²) in [6, 6.07) is 0. The summed E-state index contributed by atoms with van der Waals surface area (Å²) in [5, 5.41) is 10.1. The SMILES string of the molecule is CCOP(=O)(COC1O[C@@H](n2cc(C)c(=O)[nH]c2=O)C[C@@H]1O)OCC. The number of ether oxygens (including phenoxy) is 2. The highest BCUT2D eigenvalue weighted by Gasteiger charge is 2.38. The fourth-order valence-corrected chi connectivity index (χ4v) is 3.76. The van der Waals surface area contributed by atoms with Crippen LogP contribution in [0.5, 0.6) is 0 Å². The number of hydrogen-bond donors (Lipinski definition) is 2. The number of aliphatic hydroxyl groups is 1. The highest BCUT2D eigenvalue weighted by atomic mass is 31.2. The number of nitrogens with zero attached hydrogens (tertiary/aromatic N) is 1. The van der Waals surface area contributed by atoms with Crippen LogP contribution in [0.3, 0.4) is 0 Å². The van der Waals surface area contributed by atoms with Gasteiger partial charge >= 0.3 is 13.3 Å². The molecule has 0 saturated carbocycles. The van der Waals surface area contributed by atoms with Crippen LogP contribution in [0.2, 0.25) is 0 Å². The minimum Gasteiger partial charge on any atom is -0.388 e. The van der Waals surface area contributed by atoms with Gasteiger partial charge in [-0.3, -0.25) is 18.9 Å². The normalized spacial score (nSPS) is 23.9. The second-order valence-corrected chi connectivity index (χ2v) is 7.48. The molecule has 142 valence electrons. The molecule has 10 nitrogen and oxygen atoms in total. The minimum atomic E-state index is -3.44. The summed E-state index contributed by atoms with van der Waals surface area (Å²) in [4.78, 5) is 25.5. The average molecular weight is 378 g/mol. The van der Waals surface area contributed by atoms with Crippen LogP contribution < -0.4 is 11.2 Å². The molecule has 1 saturated heterocycles. The van der Waals surface area contributed by atoms with Gasteiger partial charge in [0.15, 0.2) is 12.6 Å². The van der Waals surface area contributed by atoms with E-state index in [1.165, 1.54) is 10.8 Å². The summed E-state index contributed by atoms with van der Waals surface area (Å²) in [7, 11) is -3.44. The Morgan fingerprint density at radius 2 is 2.00 bits per heavy atom. The third-order valence-corrected chi connectivity index (χ3v) is 5.32. The summed E-state index contributed by atoms with van der Waals surface area (Å²) in [5.41, 5.74) is -0.802. The van der Waals surface area contributed by atoms with E-state index in [4.69, 9.17) is 18.5 Å². The van der Waals surface area contributed by atoms with Gasteiger partial charge in [-0.25, -0.2) is 4.79 Å². The highest BCUT2D eigenvalue weighted by Crippen LogP contribution is 2.48. The Hall–Kier alpha value is -1.29. The molecule has 1 fully saturated rings. The predicted octanol–water partition coefficient (Wildman–Crippen LogP) is 0.691. The molecule has 1 unspecified atom stereocenters. The molecule has 2 rings (SSSR count). The average Bonchev–Trinajstić information content (AvgIpc) is 2.90. The summed E-state index contributed by atoms with van der Waals surface area (Å²) in [5.74, 6) is 0. The maximum Gasteiger partial charge on any atom is 0.356 e. The maximum absolute atomic E-state index is 12.4. The lowest BCUT2D eigenvalue weighted by molar-refractivity contribution is -0.169. The van der Waals surface area contributed by atoms with Crippen molar-refractivity contribution in [2.24, 2.45) is 0 Å². The summed E-state index contributed by atoms with van der Waals surface area (Å²) in [6.07, 6.45) is -1.92. The second-order valence-electron chi connectivity index (χ2n) is 5.48. The number of aryl methyl sites for hydroxylation is 1. The van der Waals surface area contributed by atoms with Gasteiger partial charge in [-0.05, 0) is 20.8 Å². The Balaban J connectivity index is 2.06. The number of aromatic nitrogens is 2. The predicted molar refractivity (Wildman–Crippen MR) is 87.4 cm³/mol. The topological polar surface area (TPSA) is 129 Å². The monoisotopic (exact) mass is 378 g/mol. The molecule has 1 aliphatic rings. The minimum absolute atomic E-state index is 0.0730. The molecule has 0 radical (unpaired) electrons. The van der Waals surface area contributed by atoms with E-state index in [0.717, 1.165) is 0 Å². The third-order valence-electron chi connectivity index (χ3n) is 3.55. The largest absolute Gasteiger partial charge is 0.388 e. The van der Waals surface area contributed by atoms with Crippen molar-refractivity contribution in [3.63, 3.8) is 0 Å². The lowest BCUT2D eigenvalue weighted by Crippen LogP contribution is -2.33. The quantitative estimate of drug-likeness (QED) is 0.632. The Labute approximate surface area is 144 Å². The van der Waals surface area contributed by atoms with Crippen LogP contribution in [0, 0.1) is 6.92 Å². The van der Waals surface area contributed by atoms with E-state index >= 15 is 0 Å². The fourth-order valence-electron chi connectivity index (χ4n) is 2.42. The molecule has 2 heterocycles. The summed E-state index contributed by atoms with van der Waals surface area (Å²) >= 11 is 0. The number of hydrogen-bond acceptors (Lipinski definition) is 8. The number of aromatic amines is 1. The van der Waals surface area contributed by atoms with Gasteiger partial charge in [0.05, 0.1) is 13.2 Å². The van der Waals surface area contributed by atoms with E-state index in [2.05, 4.69) is 4.98 Å². The Bertz CT molecular complexity index is 735. The Morgan fingerprint density at radius 1 is 1.36 bits per heavy atom. The van der Waals surface area contributed by atoms with Crippen LogP contribution in [0.1, 0.15) is 32.1 Å².